The molecule has 1 saturated heterocycles. The Kier molecular flexibility index (Phi) is 5.14. The Morgan fingerprint density at radius 2 is 1.95 bits per heavy atom. The van der Waals surface area contributed by atoms with Crippen LogP contribution in [-0.4, -0.2) is 53.1 Å². The van der Waals surface area contributed by atoms with E-state index in [2.05, 4.69) is 10.6 Å². The highest BCUT2D eigenvalue weighted by Crippen LogP contribution is 2.10. The lowest BCUT2D eigenvalue weighted by molar-refractivity contribution is -0.141. The number of hydrogen-bond donors (Lipinski definition) is 3. The first-order valence-corrected chi connectivity index (χ1v) is 6.36. The number of aliphatic carboxylic acids is 1. The highest BCUT2D eigenvalue weighted by Gasteiger charge is 2.29. The van der Waals surface area contributed by atoms with Gasteiger partial charge in [-0.3, -0.25) is 9.59 Å². The lowest BCUT2D eigenvalue weighted by atomic mass is 10.0. The van der Waals surface area contributed by atoms with Crippen LogP contribution >= 0.6 is 0 Å². The van der Waals surface area contributed by atoms with Gasteiger partial charge in [-0.15, -0.1) is 0 Å². The summed E-state index contributed by atoms with van der Waals surface area (Å²) in [4.78, 5) is 35.2. The summed E-state index contributed by atoms with van der Waals surface area (Å²) in [5, 5.41) is 14.3. The van der Waals surface area contributed by atoms with Gasteiger partial charge in [-0.2, -0.15) is 0 Å². The molecule has 0 bridgehead atoms. The molecule has 1 rings (SSSR count). The maximum Gasteiger partial charge on any atom is 0.317 e. The van der Waals surface area contributed by atoms with Crippen molar-refractivity contribution in [1.29, 1.82) is 0 Å². The van der Waals surface area contributed by atoms with Crippen LogP contribution in [0.25, 0.3) is 0 Å². The van der Waals surface area contributed by atoms with Crippen molar-refractivity contribution in [2.75, 3.05) is 13.1 Å². The number of rotatable bonds is 4. The molecule has 0 spiro atoms. The molecular weight excluding hydrogens is 250 g/mol. The number of likely N-dealkylation sites (tertiary alicyclic amines) is 1. The fourth-order valence-electron chi connectivity index (χ4n) is 1.97. The van der Waals surface area contributed by atoms with Gasteiger partial charge in [-0.1, -0.05) is 0 Å². The van der Waals surface area contributed by atoms with Gasteiger partial charge in [0.25, 0.3) is 0 Å². The fraction of sp³-hybridized carbons (Fsp3) is 0.750. The normalized spacial score (nSPS) is 21.6. The summed E-state index contributed by atoms with van der Waals surface area (Å²) in [6, 6.07) is -0.742. The van der Waals surface area contributed by atoms with Crippen molar-refractivity contribution in [2.24, 2.45) is 5.92 Å². The first-order chi connectivity index (χ1) is 8.81. The highest BCUT2D eigenvalue weighted by molar-refractivity contribution is 5.77. The largest absolute Gasteiger partial charge is 0.481 e. The number of urea groups is 1. The molecule has 3 unspecified atom stereocenters. The lowest BCUT2D eigenvalue weighted by Crippen LogP contribution is -2.47. The third-order valence-corrected chi connectivity index (χ3v) is 3.37. The van der Waals surface area contributed by atoms with Crippen molar-refractivity contribution in [1.82, 2.24) is 15.5 Å². The number of carboxylic acids is 1. The average Bonchev–Trinajstić information content (AvgIpc) is 2.75. The molecule has 0 aromatic rings. The average molecular weight is 271 g/mol. The van der Waals surface area contributed by atoms with Gasteiger partial charge in [-0.25, -0.2) is 4.79 Å². The minimum atomic E-state index is -0.939. The van der Waals surface area contributed by atoms with Gasteiger partial charge < -0.3 is 20.6 Å². The van der Waals surface area contributed by atoms with Crippen molar-refractivity contribution in [3.63, 3.8) is 0 Å². The molecule has 1 heterocycles. The Hall–Kier alpha value is -1.79. The number of nitrogens with zero attached hydrogens (tertiary/aromatic N) is 1. The minimum absolute atomic E-state index is 0.0181. The van der Waals surface area contributed by atoms with E-state index in [1.54, 1.807) is 18.7 Å². The maximum atomic E-state index is 11.9. The van der Waals surface area contributed by atoms with Gasteiger partial charge in [0.1, 0.15) is 0 Å². The number of carboxylic acid groups (broad SMARTS) is 1. The maximum absolute atomic E-state index is 11.9. The first-order valence-electron chi connectivity index (χ1n) is 6.36. The molecule has 3 atom stereocenters. The van der Waals surface area contributed by atoms with Crippen LogP contribution in [-0.2, 0) is 9.59 Å². The van der Waals surface area contributed by atoms with Crippen LogP contribution in [0.4, 0.5) is 4.79 Å². The van der Waals surface area contributed by atoms with Crippen LogP contribution in [0.5, 0.6) is 0 Å². The van der Waals surface area contributed by atoms with Crippen LogP contribution in [0.1, 0.15) is 27.2 Å². The summed E-state index contributed by atoms with van der Waals surface area (Å²) >= 11 is 0. The molecule has 0 aromatic heterocycles. The van der Waals surface area contributed by atoms with Crippen LogP contribution in [0.3, 0.4) is 0 Å². The van der Waals surface area contributed by atoms with E-state index in [1.165, 1.54) is 6.92 Å². The Morgan fingerprint density at radius 1 is 1.32 bits per heavy atom. The highest BCUT2D eigenvalue weighted by atomic mass is 16.4. The number of nitrogens with one attached hydrogen (secondary N) is 2. The van der Waals surface area contributed by atoms with Gasteiger partial charge in [-0.05, 0) is 20.3 Å². The second-order valence-corrected chi connectivity index (χ2v) is 5.00. The summed E-state index contributed by atoms with van der Waals surface area (Å²) < 4.78 is 0. The SMILES string of the molecule is CC(=O)NC1CCN(C(=O)NC(C)C(C)C(=O)O)C1. The Morgan fingerprint density at radius 3 is 2.47 bits per heavy atom. The monoisotopic (exact) mass is 271 g/mol. The third kappa shape index (κ3) is 4.42. The molecule has 3 amide bonds. The summed E-state index contributed by atoms with van der Waals surface area (Å²) in [5.41, 5.74) is 0. The minimum Gasteiger partial charge on any atom is -0.481 e. The summed E-state index contributed by atoms with van der Waals surface area (Å²) in [5.74, 6) is -1.69. The van der Waals surface area contributed by atoms with Crippen LogP contribution < -0.4 is 10.6 Å². The third-order valence-electron chi connectivity index (χ3n) is 3.37. The molecule has 0 saturated carbocycles. The molecule has 3 N–H and O–H groups in total. The second-order valence-electron chi connectivity index (χ2n) is 5.00. The van der Waals surface area contributed by atoms with E-state index >= 15 is 0 Å². The molecule has 19 heavy (non-hydrogen) atoms. The molecule has 1 aliphatic heterocycles. The summed E-state index contributed by atoms with van der Waals surface area (Å²) in [7, 11) is 0. The van der Waals surface area contributed by atoms with Gasteiger partial charge in [0, 0.05) is 32.1 Å². The van der Waals surface area contributed by atoms with E-state index in [9.17, 15) is 14.4 Å². The van der Waals surface area contributed by atoms with Crippen molar-refractivity contribution in [3.8, 4) is 0 Å². The van der Waals surface area contributed by atoms with Crippen LogP contribution in [0.15, 0.2) is 0 Å². The van der Waals surface area contributed by atoms with Crippen molar-refractivity contribution in [2.45, 2.75) is 39.3 Å². The zero-order chi connectivity index (χ0) is 14.6. The Labute approximate surface area is 112 Å². The molecule has 0 aromatic carbocycles. The van der Waals surface area contributed by atoms with Crippen molar-refractivity contribution >= 4 is 17.9 Å². The van der Waals surface area contributed by atoms with Crippen LogP contribution in [0.2, 0.25) is 0 Å². The van der Waals surface area contributed by atoms with Gasteiger partial charge in [0.15, 0.2) is 0 Å². The van der Waals surface area contributed by atoms with E-state index in [4.69, 9.17) is 5.11 Å². The first kappa shape index (κ1) is 15.3. The van der Waals surface area contributed by atoms with E-state index in [0.717, 1.165) is 6.42 Å². The zero-order valence-corrected chi connectivity index (χ0v) is 11.5. The molecule has 0 aliphatic carbocycles. The van der Waals surface area contributed by atoms with E-state index in [1.807, 2.05) is 0 Å². The number of carbonyl (C=O) groups is 3. The molecule has 1 fully saturated rings. The topological polar surface area (TPSA) is 98.7 Å². The zero-order valence-electron chi connectivity index (χ0n) is 11.5. The van der Waals surface area contributed by atoms with E-state index in [0.29, 0.717) is 13.1 Å². The second kappa shape index (κ2) is 6.40. The Balaban J connectivity index is 2.43. The molecule has 7 nitrogen and oxygen atoms in total. The predicted molar refractivity (Wildman–Crippen MR) is 68.6 cm³/mol. The molecule has 108 valence electrons. The fourth-order valence-corrected chi connectivity index (χ4v) is 1.97. The predicted octanol–water partition coefficient (Wildman–Crippen LogP) is 0.0156. The van der Waals surface area contributed by atoms with Crippen molar-refractivity contribution in [3.05, 3.63) is 0 Å². The van der Waals surface area contributed by atoms with Gasteiger partial charge in [0.05, 0.1) is 5.92 Å². The number of carbonyl (C=O) groups excluding carboxylic acids is 2. The quantitative estimate of drug-likeness (QED) is 0.671. The Bertz CT molecular complexity index is 372. The smallest absolute Gasteiger partial charge is 0.317 e. The van der Waals surface area contributed by atoms with Gasteiger partial charge >= 0.3 is 12.0 Å². The molecular formula is C12H21N3O4. The van der Waals surface area contributed by atoms with Gasteiger partial charge in [0.2, 0.25) is 5.91 Å². The summed E-state index contributed by atoms with van der Waals surface area (Å²) in [6.45, 7) is 5.68. The lowest BCUT2D eigenvalue weighted by Gasteiger charge is -2.23. The van der Waals surface area contributed by atoms with Crippen molar-refractivity contribution < 1.29 is 19.5 Å². The van der Waals surface area contributed by atoms with Crippen LogP contribution in [0, 0.1) is 5.92 Å². The molecule has 7 heteroatoms. The number of hydrogen-bond acceptors (Lipinski definition) is 3. The summed E-state index contributed by atoms with van der Waals surface area (Å²) in [6.07, 6.45) is 0.718. The molecule has 1 aliphatic rings. The van der Waals surface area contributed by atoms with E-state index < -0.39 is 17.9 Å². The number of amides is 3. The standard InChI is InChI=1S/C12H21N3O4/c1-7(11(17)18)8(2)13-12(19)15-5-4-10(6-15)14-9(3)16/h7-8,10H,4-6H2,1-3H3,(H,13,19)(H,14,16)(H,17,18). The van der Waals surface area contributed by atoms with E-state index in [-0.39, 0.29) is 18.0 Å². The molecule has 0 radical (unpaired) electrons.